The highest BCUT2D eigenvalue weighted by Gasteiger charge is 2.39. The fourth-order valence-corrected chi connectivity index (χ4v) is 4.74. The minimum atomic E-state index is -3.62. The van der Waals surface area contributed by atoms with Gasteiger partial charge >= 0.3 is 5.97 Å². The van der Waals surface area contributed by atoms with Crippen molar-refractivity contribution in [1.29, 1.82) is 0 Å². The maximum absolute atomic E-state index is 12.6. The Morgan fingerprint density at radius 1 is 0.947 bits per heavy atom. The lowest BCUT2D eigenvalue weighted by molar-refractivity contribution is -0.142. The molecule has 0 aromatic carbocycles. The Bertz CT molecular complexity index is 415. The Labute approximate surface area is 114 Å². The lowest BCUT2D eigenvalue weighted by Gasteiger charge is -2.35. The second-order valence-electron chi connectivity index (χ2n) is 5.28. The standard InChI is InChI=1S/C12H22N2O4S/c15-12(16)11-7-3-6-10-14(11)19(17,18)13-8-4-1-2-5-9-13/h11H,1-10H2,(H,15,16). The predicted molar refractivity (Wildman–Crippen MR) is 70.9 cm³/mol. The molecule has 0 saturated carbocycles. The molecular formula is C12H22N2O4S. The lowest BCUT2D eigenvalue weighted by atomic mass is 10.1. The number of piperidine rings is 1. The number of hydrogen-bond donors (Lipinski definition) is 1. The molecule has 0 aliphatic carbocycles. The van der Waals surface area contributed by atoms with Crippen molar-refractivity contribution >= 4 is 16.2 Å². The van der Waals surface area contributed by atoms with Gasteiger partial charge in [-0.25, -0.2) is 0 Å². The van der Waals surface area contributed by atoms with E-state index in [9.17, 15) is 18.3 Å². The third-order valence-corrected chi connectivity index (χ3v) is 5.97. The van der Waals surface area contributed by atoms with Crippen LogP contribution in [0.1, 0.15) is 44.9 Å². The molecule has 0 aromatic rings. The van der Waals surface area contributed by atoms with Gasteiger partial charge in [0.1, 0.15) is 6.04 Å². The molecule has 1 unspecified atom stereocenters. The van der Waals surface area contributed by atoms with E-state index >= 15 is 0 Å². The number of hydrogen-bond acceptors (Lipinski definition) is 3. The highest BCUT2D eigenvalue weighted by Crippen LogP contribution is 2.24. The van der Waals surface area contributed by atoms with Gasteiger partial charge in [-0.2, -0.15) is 17.0 Å². The normalized spacial score (nSPS) is 27.9. The first kappa shape index (κ1) is 14.7. The summed E-state index contributed by atoms with van der Waals surface area (Å²) in [6, 6.07) is -0.887. The van der Waals surface area contributed by atoms with Crippen LogP contribution in [-0.2, 0) is 15.0 Å². The van der Waals surface area contributed by atoms with Crippen LogP contribution < -0.4 is 0 Å². The van der Waals surface area contributed by atoms with E-state index in [1.165, 1.54) is 8.61 Å². The van der Waals surface area contributed by atoms with E-state index in [1.807, 2.05) is 0 Å². The minimum Gasteiger partial charge on any atom is -0.480 e. The smallest absolute Gasteiger partial charge is 0.322 e. The highest BCUT2D eigenvalue weighted by atomic mass is 32.2. The van der Waals surface area contributed by atoms with E-state index in [0.717, 1.165) is 38.5 Å². The van der Waals surface area contributed by atoms with E-state index in [-0.39, 0.29) is 0 Å². The average Bonchev–Trinajstić information content (AvgIpc) is 2.68. The van der Waals surface area contributed by atoms with Crippen LogP contribution in [0.25, 0.3) is 0 Å². The molecule has 0 amide bonds. The third-order valence-electron chi connectivity index (χ3n) is 3.93. The van der Waals surface area contributed by atoms with Crippen LogP contribution in [0, 0.1) is 0 Å². The molecule has 2 aliphatic rings. The summed E-state index contributed by atoms with van der Waals surface area (Å²) in [6.07, 6.45) is 5.78. The largest absolute Gasteiger partial charge is 0.480 e. The predicted octanol–water partition coefficient (Wildman–Crippen LogP) is 1.05. The number of carboxylic acids is 1. The molecule has 2 heterocycles. The van der Waals surface area contributed by atoms with Crippen LogP contribution in [0.4, 0.5) is 0 Å². The molecular weight excluding hydrogens is 268 g/mol. The van der Waals surface area contributed by atoms with Gasteiger partial charge in [0.15, 0.2) is 0 Å². The molecule has 0 radical (unpaired) electrons. The summed E-state index contributed by atoms with van der Waals surface area (Å²) in [6.45, 7) is 1.37. The molecule has 2 aliphatic heterocycles. The van der Waals surface area contributed by atoms with Crippen LogP contribution in [0.15, 0.2) is 0 Å². The average molecular weight is 290 g/mol. The van der Waals surface area contributed by atoms with Crippen molar-refractivity contribution in [2.24, 2.45) is 0 Å². The van der Waals surface area contributed by atoms with Gasteiger partial charge in [-0.15, -0.1) is 0 Å². The zero-order chi connectivity index (χ0) is 13.9. The highest BCUT2D eigenvalue weighted by molar-refractivity contribution is 7.86. The van der Waals surface area contributed by atoms with Gasteiger partial charge in [-0.3, -0.25) is 4.79 Å². The van der Waals surface area contributed by atoms with Gasteiger partial charge in [0.25, 0.3) is 10.2 Å². The summed E-state index contributed by atoms with van der Waals surface area (Å²) in [5, 5.41) is 9.20. The Morgan fingerprint density at radius 2 is 1.53 bits per heavy atom. The molecule has 7 heteroatoms. The zero-order valence-electron chi connectivity index (χ0n) is 11.1. The van der Waals surface area contributed by atoms with E-state index in [0.29, 0.717) is 26.1 Å². The monoisotopic (exact) mass is 290 g/mol. The summed E-state index contributed by atoms with van der Waals surface area (Å²) in [4.78, 5) is 11.2. The molecule has 0 bridgehead atoms. The van der Waals surface area contributed by atoms with Crippen molar-refractivity contribution in [2.45, 2.75) is 51.0 Å². The van der Waals surface area contributed by atoms with E-state index in [4.69, 9.17) is 0 Å². The minimum absolute atomic E-state index is 0.329. The lowest BCUT2D eigenvalue weighted by Crippen LogP contribution is -2.53. The van der Waals surface area contributed by atoms with Gasteiger partial charge in [0, 0.05) is 19.6 Å². The van der Waals surface area contributed by atoms with Crippen LogP contribution in [0.2, 0.25) is 0 Å². The molecule has 1 N–H and O–H groups in total. The SMILES string of the molecule is O=C(O)C1CCCCN1S(=O)(=O)N1CCCCCC1. The molecule has 2 saturated heterocycles. The molecule has 19 heavy (non-hydrogen) atoms. The van der Waals surface area contributed by atoms with Crippen molar-refractivity contribution in [2.75, 3.05) is 19.6 Å². The first-order valence-electron chi connectivity index (χ1n) is 7.03. The molecule has 6 nitrogen and oxygen atoms in total. The fourth-order valence-electron chi connectivity index (χ4n) is 2.85. The van der Waals surface area contributed by atoms with Gasteiger partial charge in [-0.1, -0.05) is 12.8 Å². The Balaban J connectivity index is 2.18. The topological polar surface area (TPSA) is 77.9 Å². The van der Waals surface area contributed by atoms with E-state index < -0.39 is 22.2 Å². The second-order valence-corrected chi connectivity index (χ2v) is 7.16. The van der Waals surface area contributed by atoms with Crippen molar-refractivity contribution in [3.63, 3.8) is 0 Å². The number of nitrogens with zero attached hydrogens (tertiary/aromatic N) is 2. The summed E-state index contributed by atoms with van der Waals surface area (Å²) in [7, 11) is -3.62. The second kappa shape index (κ2) is 6.19. The third kappa shape index (κ3) is 3.27. The van der Waals surface area contributed by atoms with E-state index in [2.05, 4.69) is 0 Å². The van der Waals surface area contributed by atoms with Crippen LogP contribution in [0.3, 0.4) is 0 Å². The summed E-state index contributed by atoms with van der Waals surface area (Å²) < 4.78 is 27.9. The molecule has 110 valence electrons. The van der Waals surface area contributed by atoms with Gasteiger partial charge in [0.05, 0.1) is 0 Å². The summed E-state index contributed by atoms with van der Waals surface area (Å²) >= 11 is 0. The Hall–Kier alpha value is -0.660. The van der Waals surface area contributed by atoms with Gasteiger partial charge < -0.3 is 5.11 Å². The van der Waals surface area contributed by atoms with Crippen molar-refractivity contribution < 1.29 is 18.3 Å². The molecule has 0 aromatic heterocycles. The molecule has 2 rings (SSSR count). The Morgan fingerprint density at radius 3 is 2.11 bits per heavy atom. The van der Waals surface area contributed by atoms with Crippen molar-refractivity contribution in [3.8, 4) is 0 Å². The summed E-state index contributed by atoms with van der Waals surface area (Å²) in [5.74, 6) is -1.03. The van der Waals surface area contributed by atoms with Crippen LogP contribution in [-0.4, -0.2) is 53.8 Å². The molecule has 1 atom stereocenters. The van der Waals surface area contributed by atoms with Crippen LogP contribution in [0.5, 0.6) is 0 Å². The first-order chi connectivity index (χ1) is 9.03. The van der Waals surface area contributed by atoms with Gasteiger partial charge in [0.2, 0.25) is 0 Å². The quantitative estimate of drug-likeness (QED) is 0.842. The number of carbonyl (C=O) groups is 1. The number of carboxylic acid groups (broad SMARTS) is 1. The van der Waals surface area contributed by atoms with Crippen LogP contribution >= 0.6 is 0 Å². The van der Waals surface area contributed by atoms with E-state index in [1.54, 1.807) is 0 Å². The molecule has 2 fully saturated rings. The summed E-state index contributed by atoms with van der Waals surface area (Å²) in [5.41, 5.74) is 0. The number of rotatable bonds is 3. The first-order valence-corrected chi connectivity index (χ1v) is 8.43. The maximum atomic E-state index is 12.6. The Kier molecular flexibility index (Phi) is 4.81. The molecule has 0 spiro atoms. The zero-order valence-corrected chi connectivity index (χ0v) is 11.9. The fraction of sp³-hybridized carbons (Fsp3) is 0.917. The van der Waals surface area contributed by atoms with Crippen molar-refractivity contribution in [3.05, 3.63) is 0 Å². The van der Waals surface area contributed by atoms with Crippen molar-refractivity contribution in [1.82, 2.24) is 8.61 Å². The number of aliphatic carboxylic acids is 1. The van der Waals surface area contributed by atoms with Gasteiger partial charge in [-0.05, 0) is 32.1 Å². The maximum Gasteiger partial charge on any atom is 0.322 e.